The van der Waals surface area contributed by atoms with Crippen LogP contribution in [0.4, 0.5) is 4.39 Å². The first kappa shape index (κ1) is 9.89. The average molecular weight is 232 g/mol. The summed E-state index contributed by atoms with van der Waals surface area (Å²) in [4.78, 5) is 14.4. The molecule has 0 spiro atoms. The second-order valence-electron chi connectivity index (χ2n) is 3.81. The minimum atomic E-state index is -0.387. The maximum absolute atomic E-state index is 13.0. The largest absolute Gasteiger partial charge is 0.445 e. The monoisotopic (exact) mass is 232 g/mol. The topological polar surface area (TPSA) is 50.9 Å². The Balaban J connectivity index is 2.36. The number of hydrogen-bond donors (Lipinski definition) is 1. The molecule has 0 amide bonds. The van der Waals surface area contributed by atoms with Crippen LogP contribution < -0.4 is 5.69 Å². The molecule has 1 N–H and O–H groups in total. The summed E-state index contributed by atoms with van der Waals surface area (Å²) in [6, 6.07) is 7.60. The molecule has 0 fully saturated rings. The van der Waals surface area contributed by atoms with Crippen molar-refractivity contribution in [3.05, 3.63) is 52.4 Å². The molecule has 3 rings (SSSR count). The number of nitrogens with one attached hydrogen (secondary N) is 1. The molecule has 0 radical (unpaired) electrons. The van der Waals surface area contributed by atoms with Crippen LogP contribution in [0.1, 0.15) is 5.76 Å². The molecule has 0 bridgehead atoms. The Morgan fingerprint density at radius 2 is 2.12 bits per heavy atom. The van der Waals surface area contributed by atoms with Gasteiger partial charge in [-0.3, -0.25) is 0 Å². The Morgan fingerprint density at radius 3 is 2.82 bits per heavy atom. The van der Waals surface area contributed by atoms with Crippen LogP contribution in [-0.4, -0.2) is 9.55 Å². The van der Waals surface area contributed by atoms with Gasteiger partial charge < -0.3 is 9.40 Å². The van der Waals surface area contributed by atoms with Gasteiger partial charge in [-0.25, -0.2) is 13.8 Å². The van der Waals surface area contributed by atoms with Crippen LogP contribution in [-0.2, 0) is 0 Å². The molecular formula is C12H9FN2O2. The maximum Gasteiger partial charge on any atom is 0.333 e. The number of aromatic nitrogens is 2. The highest BCUT2D eigenvalue weighted by atomic mass is 19.1. The quantitative estimate of drug-likeness (QED) is 0.700. The normalized spacial score (nSPS) is 11.2. The lowest BCUT2D eigenvalue weighted by atomic mass is 10.3. The van der Waals surface area contributed by atoms with E-state index in [0.717, 1.165) is 0 Å². The Bertz CT molecular complexity index is 751. The van der Waals surface area contributed by atoms with Gasteiger partial charge in [0, 0.05) is 6.07 Å². The lowest BCUT2D eigenvalue weighted by Gasteiger charge is -1.97. The van der Waals surface area contributed by atoms with Crippen LogP contribution in [0.25, 0.3) is 16.9 Å². The van der Waals surface area contributed by atoms with E-state index in [1.165, 1.54) is 16.7 Å². The summed E-state index contributed by atoms with van der Waals surface area (Å²) in [5, 5.41) is 0. The minimum Gasteiger partial charge on any atom is -0.445 e. The first-order chi connectivity index (χ1) is 8.15. The lowest BCUT2D eigenvalue weighted by Crippen LogP contribution is -2.13. The van der Waals surface area contributed by atoms with E-state index in [9.17, 15) is 9.18 Å². The zero-order valence-corrected chi connectivity index (χ0v) is 9.03. The number of imidazole rings is 1. The van der Waals surface area contributed by atoms with Crippen molar-refractivity contribution in [3.63, 3.8) is 0 Å². The predicted molar refractivity (Wildman–Crippen MR) is 60.9 cm³/mol. The van der Waals surface area contributed by atoms with Crippen LogP contribution >= 0.6 is 0 Å². The van der Waals surface area contributed by atoms with E-state index in [0.29, 0.717) is 22.7 Å². The third kappa shape index (κ3) is 1.47. The Hall–Kier alpha value is -2.30. The van der Waals surface area contributed by atoms with E-state index in [1.54, 1.807) is 25.1 Å². The van der Waals surface area contributed by atoms with Crippen molar-refractivity contribution in [1.29, 1.82) is 0 Å². The standard InChI is InChI=1S/C12H9FN2O2/c1-7-2-5-11(17-7)15-10-4-3-8(13)6-9(10)14-12(15)16/h2-6H,1H3,(H,14,16). The van der Waals surface area contributed by atoms with Gasteiger partial charge in [-0.15, -0.1) is 0 Å². The second kappa shape index (κ2) is 3.35. The third-order valence-corrected chi connectivity index (χ3v) is 2.59. The summed E-state index contributed by atoms with van der Waals surface area (Å²) in [7, 11) is 0. The number of furan rings is 1. The Kier molecular flexibility index (Phi) is 1.95. The van der Waals surface area contributed by atoms with Crippen molar-refractivity contribution in [2.24, 2.45) is 0 Å². The number of benzene rings is 1. The number of H-pyrrole nitrogens is 1. The molecule has 1 aromatic carbocycles. The van der Waals surface area contributed by atoms with Gasteiger partial charge in [0.05, 0.1) is 11.0 Å². The Morgan fingerprint density at radius 1 is 1.29 bits per heavy atom. The highest BCUT2D eigenvalue weighted by Gasteiger charge is 2.11. The van der Waals surface area contributed by atoms with Crippen molar-refractivity contribution in [2.75, 3.05) is 0 Å². The van der Waals surface area contributed by atoms with Gasteiger partial charge in [0.25, 0.3) is 0 Å². The maximum atomic E-state index is 13.0. The second-order valence-corrected chi connectivity index (χ2v) is 3.81. The van der Waals surface area contributed by atoms with E-state index in [4.69, 9.17) is 4.42 Å². The summed E-state index contributed by atoms with van der Waals surface area (Å²) in [6.45, 7) is 1.79. The molecule has 0 saturated heterocycles. The zero-order chi connectivity index (χ0) is 12.0. The smallest absolute Gasteiger partial charge is 0.333 e. The van der Waals surface area contributed by atoms with Gasteiger partial charge in [0.1, 0.15) is 11.6 Å². The number of aromatic amines is 1. The highest BCUT2D eigenvalue weighted by Crippen LogP contribution is 2.18. The third-order valence-electron chi connectivity index (χ3n) is 2.59. The van der Waals surface area contributed by atoms with E-state index in [-0.39, 0.29) is 11.5 Å². The van der Waals surface area contributed by atoms with E-state index >= 15 is 0 Å². The number of nitrogens with zero attached hydrogens (tertiary/aromatic N) is 1. The molecule has 0 aliphatic rings. The van der Waals surface area contributed by atoms with Gasteiger partial charge in [-0.05, 0) is 31.2 Å². The molecule has 0 unspecified atom stereocenters. The van der Waals surface area contributed by atoms with Crippen LogP contribution in [0.2, 0.25) is 0 Å². The summed E-state index contributed by atoms with van der Waals surface area (Å²) < 4.78 is 19.8. The molecule has 2 heterocycles. The molecule has 4 nitrogen and oxygen atoms in total. The summed E-state index contributed by atoms with van der Waals surface area (Å²) in [5.74, 6) is 0.746. The highest BCUT2D eigenvalue weighted by molar-refractivity contribution is 5.76. The zero-order valence-electron chi connectivity index (χ0n) is 9.03. The van der Waals surface area contributed by atoms with Crippen molar-refractivity contribution < 1.29 is 8.81 Å². The van der Waals surface area contributed by atoms with Crippen molar-refractivity contribution >= 4 is 11.0 Å². The molecule has 0 saturated carbocycles. The molecule has 86 valence electrons. The van der Waals surface area contributed by atoms with Crippen molar-refractivity contribution in [3.8, 4) is 5.88 Å². The number of hydrogen-bond acceptors (Lipinski definition) is 2. The van der Waals surface area contributed by atoms with Gasteiger partial charge in [-0.2, -0.15) is 0 Å². The van der Waals surface area contributed by atoms with Gasteiger partial charge in [0.15, 0.2) is 0 Å². The Labute approximate surface area is 95.3 Å². The van der Waals surface area contributed by atoms with Crippen LogP contribution in [0.5, 0.6) is 0 Å². The lowest BCUT2D eigenvalue weighted by molar-refractivity contribution is 0.510. The average Bonchev–Trinajstić information content (AvgIpc) is 2.80. The first-order valence-electron chi connectivity index (χ1n) is 5.12. The number of aryl methyl sites for hydroxylation is 1. The van der Waals surface area contributed by atoms with Crippen LogP contribution in [0.3, 0.4) is 0 Å². The fraction of sp³-hybridized carbons (Fsp3) is 0.0833. The fourth-order valence-electron chi connectivity index (χ4n) is 1.84. The summed E-state index contributed by atoms with van der Waals surface area (Å²) >= 11 is 0. The van der Waals surface area contributed by atoms with Gasteiger partial charge in [0.2, 0.25) is 5.88 Å². The van der Waals surface area contributed by atoms with E-state index in [2.05, 4.69) is 4.98 Å². The summed E-state index contributed by atoms with van der Waals surface area (Å²) in [5.41, 5.74) is 0.690. The molecule has 0 aliphatic heterocycles. The summed E-state index contributed by atoms with van der Waals surface area (Å²) in [6.07, 6.45) is 0. The van der Waals surface area contributed by atoms with Gasteiger partial charge >= 0.3 is 5.69 Å². The fourth-order valence-corrected chi connectivity index (χ4v) is 1.84. The molecule has 2 aromatic heterocycles. The minimum absolute atomic E-state index is 0.347. The number of rotatable bonds is 1. The molecule has 0 atom stereocenters. The van der Waals surface area contributed by atoms with E-state index in [1.807, 2.05) is 0 Å². The number of halogens is 1. The molecule has 0 aliphatic carbocycles. The van der Waals surface area contributed by atoms with Crippen LogP contribution in [0.15, 0.2) is 39.5 Å². The van der Waals surface area contributed by atoms with Crippen LogP contribution in [0, 0.1) is 12.7 Å². The molecule has 17 heavy (non-hydrogen) atoms. The molecular weight excluding hydrogens is 223 g/mol. The van der Waals surface area contributed by atoms with Crippen molar-refractivity contribution in [1.82, 2.24) is 9.55 Å². The first-order valence-corrected chi connectivity index (χ1v) is 5.12. The number of fused-ring (bicyclic) bond motifs is 1. The van der Waals surface area contributed by atoms with Gasteiger partial charge in [-0.1, -0.05) is 0 Å². The molecule has 3 aromatic rings. The predicted octanol–water partition coefficient (Wildman–Crippen LogP) is 2.36. The van der Waals surface area contributed by atoms with E-state index < -0.39 is 0 Å². The molecule has 5 heteroatoms. The van der Waals surface area contributed by atoms with Crippen molar-refractivity contribution in [2.45, 2.75) is 6.92 Å². The SMILES string of the molecule is Cc1ccc(-n2c(=O)[nH]c3cc(F)ccc32)o1.